The second-order valence-corrected chi connectivity index (χ2v) is 7.72. The van der Waals surface area contributed by atoms with Crippen LogP contribution in [0.4, 0.5) is 5.69 Å². The molecule has 0 saturated carbocycles. The zero-order valence-corrected chi connectivity index (χ0v) is 17.5. The summed E-state index contributed by atoms with van der Waals surface area (Å²) in [5, 5.41) is 21.2. The molecule has 2 N–H and O–H groups in total. The minimum Gasteiger partial charge on any atom is -0.508 e. The summed E-state index contributed by atoms with van der Waals surface area (Å²) in [6.07, 6.45) is 0.844. The van der Waals surface area contributed by atoms with E-state index in [9.17, 15) is 19.8 Å². The molecule has 0 radical (unpaired) electrons. The average molecular weight is 434 g/mol. The first-order valence-electron chi connectivity index (χ1n) is 9.85. The Kier molecular flexibility index (Phi) is 5.53. The predicted octanol–water partition coefficient (Wildman–Crippen LogP) is 5.23. The molecule has 1 heterocycles. The molecule has 1 atom stereocenters. The molecule has 156 valence electrons. The molecule has 0 aliphatic carbocycles. The third-order valence-corrected chi connectivity index (χ3v) is 5.65. The fourth-order valence-electron chi connectivity index (χ4n) is 3.73. The van der Waals surface area contributed by atoms with Crippen LogP contribution in [0.2, 0.25) is 5.02 Å². The van der Waals surface area contributed by atoms with Gasteiger partial charge in [0.05, 0.1) is 11.6 Å². The molecule has 0 spiro atoms. The highest BCUT2D eigenvalue weighted by molar-refractivity contribution is 6.51. The summed E-state index contributed by atoms with van der Waals surface area (Å²) < 4.78 is 0. The number of phenolic OH excluding ortho intramolecular Hbond substituents is 1. The molecule has 1 aliphatic heterocycles. The van der Waals surface area contributed by atoms with Crippen molar-refractivity contribution in [2.45, 2.75) is 19.4 Å². The lowest BCUT2D eigenvalue weighted by molar-refractivity contribution is -0.132. The molecule has 0 bridgehead atoms. The number of aliphatic hydroxyl groups excluding tert-OH is 1. The number of aromatic hydroxyl groups is 1. The van der Waals surface area contributed by atoms with Gasteiger partial charge in [0.1, 0.15) is 11.5 Å². The fraction of sp³-hybridized carbons (Fsp3) is 0.120. The van der Waals surface area contributed by atoms with E-state index in [1.807, 2.05) is 19.1 Å². The number of ketones is 1. The number of phenols is 1. The topological polar surface area (TPSA) is 77.8 Å². The van der Waals surface area contributed by atoms with E-state index < -0.39 is 17.7 Å². The summed E-state index contributed by atoms with van der Waals surface area (Å²) in [4.78, 5) is 27.5. The summed E-state index contributed by atoms with van der Waals surface area (Å²) >= 11 is 5.94. The Hall–Kier alpha value is -3.57. The largest absolute Gasteiger partial charge is 0.508 e. The Bertz CT molecular complexity index is 1170. The van der Waals surface area contributed by atoms with Crippen molar-refractivity contribution < 1.29 is 19.8 Å². The van der Waals surface area contributed by atoms with Crippen molar-refractivity contribution in [3.8, 4) is 5.75 Å². The highest BCUT2D eigenvalue weighted by atomic mass is 35.5. The lowest BCUT2D eigenvalue weighted by Crippen LogP contribution is -2.29. The maximum atomic E-state index is 13.1. The van der Waals surface area contributed by atoms with E-state index in [0.29, 0.717) is 21.8 Å². The van der Waals surface area contributed by atoms with Crippen LogP contribution in [0.15, 0.2) is 78.4 Å². The number of amides is 1. The lowest BCUT2D eigenvalue weighted by atomic mass is 9.95. The molecule has 1 amide bonds. The van der Waals surface area contributed by atoms with Gasteiger partial charge in [0.15, 0.2) is 0 Å². The van der Waals surface area contributed by atoms with Gasteiger partial charge in [-0.25, -0.2) is 0 Å². The fourth-order valence-corrected chi connectivity index (χ4v) is 3.85. The van der Waals surface area contributed by atoms with Crippen molar-refractivity contribution >= 4 is 34.7 Å². The third-order valence-electron chi connectivity index (χ3n) is 5.39. The molecule has 1 saturated heterocycles. The molecule has 3 aromatic rings. The van der Waals surface area contributed by atoms with Gasteiger partial charge >= 0.3 is 0 Å². The SMILES string of the molecule is CCc1ccc(N2C(=O)C(=O)/C(=C(/O)c3ccc(Cl)cc3)C2c2ccc(O)cc2)cc1. The van der Waals surface area contributed by atoms with Crippen LogP contribution in [0.1, 0.15) is 29.7 Å². The molecule has 1 aliphatic rings. The minimum absolute atomic E-state index is 0.0161. The number of carbonyl (C=O) groups is 2. The van der Waals surface area contributed by atoms with Gasteiger partial charge in [-0.15, -0.1) is 0 Å². The van der Waals surface area contributed by atoms with Crippen molar-refractivity contribution in [2.24, 2.45) is 0 Å². The maximum absolute atomic E-state index is 13.1. The van der Waals surface area contributed by atoms with Crippen LogP contribution in [-0.4, -0.2) is 21.9 Å². The summed E-state index contributed by atoms with van der Waals surface area (Å²) in [5.74, 6) is -1.71. The monoisotopic (exact) mass is 433 g/mol. The molecule has 6 heteroatoms. The highest BCUT2D eigenvalue weighted by Gasteiger charge is 2.46. The first-order chi connectivity index (χ1) is 14.9. The molecular weight excluding hydrogens is 414 g/mol. The van der Waals surface area contributed by atoms with Crippen LogP contribution in [0.3, 0.4) is 0 Å². The number of aryl methyl sites for hydroxylation is 1. The molecule has 4 rings (SSSR count). The number of halogens is 1. The Balaban J connectivity index is 1.91. The van der Waals surface area contributed by atoms with Gasteiger partial charge in [-0.3, -0.25) is 14.5 Å². The summed E-state index contributed by atoms with van der Waals surface area (Å²) in [6, 6.07) is 19.2. The smallest absolute Gasteiger partial charge is 0.300 e. The van der Waals surface area contributed by atoms with Gasteiger partial charge in [0, 0.05) is 16.3 Å². The number of carbonyl (C=O) groups excluding carboxylic acids is 2. The number of hydrogen-bond acceptors (Lipinski definition) is 4. The van der Waals surface area contributed by atoms with Crippen LogP contribution in [0.25, 0.3) is 5.76 Å². The standard InChI is InChI=1S/C25H20ClNO4/c1-2-15-3-11-19(12-4-15)27-22(16-7-13-20(28)14-8-16)21(24(30)25(27)31)23(29)17-5-9-18(26)10-6-17/h3-14,22,28-29H,2H2,1H3/b23-21+. The number of Topliss-reactive ketones (excluding diaryl/α,β-unsaturated/α-hetero) is 1. The van der Waals surface area contributed by atoms with E-state index in [1.54, 1.807) is 48.5 Å². The van der Waals surface area contributed by atoms with Gasteiger partial charge in [-0.05, 0) is 66.1 Å². The Morgan fingerprint density at radius 1 is 0.935 bits per heavy atom. The summed E-state index contributed by atoms with van der Waals surface area (Å²) in [7, 11) is 0. The van der Waals surface area contributed by atoms with Crippen molar-refractivity contribution in [3.63, 3.8) is 0 Å². The molecule has 0 aromatic heterocycles. The molecular formula is C25H20ClNO4. The van der Waals surface area contributed by atoms with E-state index in [0.717, 1.165) is 12.0 Å². The molecule has 1 unspecified atom stereocenters. The Morgan fingerprint density at radius 2 is 1.55 bits per heavy atom. The predicted molar refractivity (Wildman–Crippen MR) is 120 cm³/mol. The second kappa shape index (κ2) is 8.28. The summed E-state index contributed by atoms with van der Waals surface area (Å²) in [6.45, 7) is 2.03. The minimum atomic E-state index is -0.844. The van der Waals surface area contributed by atoms with Crippen molar-refractivity contribution in [2.75, 3.05) is 4.90 Å². The molecule has 5 nitrogen and oxygen atoms in total. The van der Waals surface area contributed by atoms with Crippen molar-refractivity contribution in [1.29, 1.82) is 0 Å². The molecule has 1 fully saturated rings. The van der Waals surface area contributed by atoms with Crippen LogP contribution < -0.4 is 4.90 Å². The quantitative estimate of drug-likeness (QED) is 0.335. The zero-order chi connectivity index (χ0) is 22.1. The van der Waals surface area contributed by atoms with Crippen LogP contribution in [0.5, 0.6) is 5.75 Å². The first kappa shape index (κ1) is 20.7. The van der Waals surface area contributed by atoms with Gasteiger partial charge < -0.3 is 10.2 Å². The first-order valence-corrected chi connectivity index (χ1v) is 10.2. The number of rotatable bonds is 4. The van der Waals surface area contributed by atoms with Gasteiger partial charge in [0.2, 0.25) is 0 Å². The normalized spacial score (nSPS) is 17.9. The van der Waals surface area contributed by atoms with Crippen LogP contribution in [-0.2, 0) is 16.0 Å². The number of nitrogens with zero attached hydrogens (tertiary/aromatic N) is 1. The average Bonchev–Trinajstić information content (AvgIpc) is 3.05. The van der Waals surface area contributed by atoms with E-state index in [2.05, 4.69) is 0 Å². The number of aliphatic hydroxyl groups is 1. The zero-order valence-electron chi connectivity index (χ0n) is 16.7. The number of hydrogen-bond donors (Lipinski definition) is 2. The number of anilines is 1. The van der Waals surface area contributed by atoms with Crippen molar-refractivity contribution in [3.05, 3.63) is 100 Å². The van der Waals surface area contributed by atoms with Gasteiger partial charge in [-0.1, -0.05) is 42.8 Å². The van der Waals surface area contributed by atoms with E-state index in [1.165, 1.54) is 17.0 Å². The van der Waals surface area contributed by atoms with Gasteiger partial charge in [-0.2, -0.15) is 0 Å². The van der Waals surface area contributed by atoms with Crippen LogP contribution in [0, 0.1) is 0 Å². The highest BCUT2D eigenvalue weighted by Crippen LogP contribution is 2.42. The van der Waals surface area contributed by atoms with Crippen LogP contribution >= 0.6 is 11.6 Å². The number of benzene rings is 3. The second-order valence-electron chi connectivity index (χ2n) is 7.29. The Morgan fingerprint density at radius 3 is 2.13 bits per heavy atom. The summed E-state index contributed by atoms with van der Waals surface area (Å²) in [5.41, 5.74) is 2.60. The maximum Gasteiger partial charge on any atom is 0.300 e. The lowest BCUT2D eigenvalue weighted by Gasteiger charge is -2.25. The molecule has 3 aromatic carbocycles. The third kappa shape index (κ3) is 3.80. The van der Waals surface area contributed by atoms with E-state index >= 15 is 0 Å². The molecule has 31 heavy (non-hydrogen) atoms. The van der Waals surface area contributed by atoms with E-state index in [-0.39, 0.29) is 17.1 Å². The van der Waals surface area contributed by atoms with Gasteiger partial charge in [0.25, 0.3) is 11.7 Å². The van der Waals surface area contributed by atoms with Crippen molar-refractivity contribution in [1.82, 2.24) is 0 Å². The van der Waals surface area contributed by atoms with E-state index in [4.69, 9.17) is 11.6 Å². The Labute approximate surface area is 184 Å².